The number of carboxylic acid groups (broad SMARTS) is 1. The Labute approximate surface area is 158 Å². The van der Waals surface area contributed by atoms with E-state index < -0.39 is 5.97 Å². The van der Waals surface area contributed by atoms with Crippen molar-refractivity contribution in [2.24, 2.45) is 5.10 Å². The second-order valence-electron chi connectivity index (χ2n) is 5.79. The van der Waals surface area contributed by atoms with Crippen LogP contribution in [-0.2, 0) is 0 Å². The SMILES string of the molecule is O=C(O)c1ccc(/C=N/Nc2ncnc3c2cnn3-c2cccc(F)c2)cc1. The van der Waals surface area contributed by atoms with Crippen molar-refractivity contribution in [3.05, 3.63) is 78.0 Å². The molecule has 0 fully saturated rings. The van der Waals surface area contributed by atoms with Crippen LogP contribution in [0.15, 0.2) is 66.2 Å². The molecule has 2 heterocycles. The van der Waals surface area contributed by atoms with Gasteiger partial charge in [0.15, 0.2) is 11.5 Å². The summed E-state index contributed by atoms with van der Waals surface area (Å²) in [5, 5.41) is 17.9. The summed E-state index contributed by atoms with van der Waals surface area (Å²) in [4.78, 5) is 19.2. The number of hydrazone groups is 1. The van der Waals surface area contributed by atoms with Crippen LogP contribution in [-0.4, -0.2) is 37.0 Å². The first-order valence-corrected chi connectivity index (χ1v) is 8.19. The maximum Gasteiger partial charge on any atom is 0.335 e. The summed E-state index contributed by atoms with van der Waals surface area (Å²) in [5.41, 5.74) is 4.79. The van der Waals surface area contributed by atoms with Gasteiger partial charge in [-0.3, -0.25) is 5.43 Å². The molecule has 0 radical (unpaired) electrons. The van der Waals surface area contributed by atoms with Crippen LogP contribution >= 0.6 is 0 Å². The number of anilines is 1. The second kappa shape index (κ2) is 7.23. The number of rotatable bonds is 5. The van der Waals surface area contributed by atoms with Crippen molar-refractivity contribution in [2.45, 2.75) is 0 Å². The number of aromatic carboxylic acids is 1. The van der Waals surface area contributed by atoms with Crippen LogP contribution in [0.5, 0.6) is 0 Å². The zero-order valence-corrected chi connectivity index (χ0v) is 14.3. The first-order valence-electron chi connectivity index (χ1n) is 8.19. The van der Waals surface area contributed by atoms with Gasteiger partial charge in [0.25, 0.3) is 0 Å². The Bertz CT molecular complexity index is 1190. The molecule has 0 amide bonds. The Morgan fingerprint density at radius 1 is 1.18 bits per heavy atom. The fourth-order valence-corrected chi connectivity index (χ4v) is 2.61. The highest BCUT2D eigenvalue weighted by atomic mass is 19.1. The van der Waals surface area contributed by atoms with Crippen LogP contribution in [0, 0.1) is 5.82 Å². The van der Waals surface area contributed by atoms with E-state index in [0.29, 0.717) is 22.5 Å². The van der Waals surface area contributed by atoms with Crippen molar-refractivity contribution in [1.82, 2.24) is 19.7 Å². The fourth-order valence-electron chi connectivity index (χ4n) is 2.61. The lowest BCUT2D eigenvalue weighted by atomic mass is 10.1. The molecule has 2 N–H and O–H groups in total. The third kappa shape index (κ3) is 3.40. The topological polar surface area (TPSA) is 105 Å². The second-order valence-corrected chi connectivity index (χ2v) is 5.79. The van der Waals surface area contributed by atoms with Gasteiger partial charge >= 0.3 is 5.97 Å². The van der Waals surface area contributed by atoms with Gasteiger partial charge in [0.1, 0.15) is 12.1 Å². The van der Waals surface area contributed by atoms with Crippen LogP contribution in [0.2, 0.25) is 0 Å². The number of halogens is 1. The lowest BCUT2D eigenvalue weighted by Crippen LogP contribution is -2.00. The molecule has 0 unspecified atom stereocenters. The molecule has 0 saturated carbocycles. The van der Waals surface area contributed by atoms with E-state index in [1.165, 1.54) is 41.5 Å². The summed E-state index contributed by atoms with van der Waals surface area (Å²) in [7, 11) is 0. The lowest BCUT2D eigenvalue weighted by Gasteiger charge is -2.04. The molecule has 0 aliphatic rings. The molecular formula is C19H13FN6O2. The number of aromatic nitrogens is 4. The minimum atomic E-state index is -0.986. The van der Waals surface area contributed by atoms with E-state index in [1.807, 2.05) is 0 Å². The normalized spacial score (nSPS) is 11.2. The molecule has 0 bridgehead atoms. The number of benzene rings is 2. The maximum absolute atomic E-state index is 13.5. The lowest BCUT2D eigenvalue weighted by molar-refractivity contribution is 0.0697. The van der Waals surface area contributed by atoms with Gasteiger partial charge in [-0.1, -0.05) is 18.2 Å². The molecule has 2 aromatic carbocycles. The standard InChI is InChI=1S/C19H13FN6O2/c20-14-2-1-3-15(8-14)26-18-16(10-24-26)17(21-11-22-18)25-23-9-12-4-6-13(7-5-12)19(27)28/h1-11H,(H,27,28)(H,21,22,25)/b23-9+. The molecule has 0 atom stereocenters. The number of carbonyl (C=O) groups is 1. The number of fused-ring (bicyclic) bond motifs is 1. The summed E-state index contributed by atoms with van der Waals surface area (Å²) in [5.74, 6) is -0.918. The van der Waals surface area contributed by atoms with Crippen LogP contribution < -0.4 is 5.43 Å². The van der Waals surface area contributed by atoms with Gasteiger partial charge in [-0.2, -0.15) is 10.2 Å². The van der Waals surface area contributed by atoms with Gasteiger partial charge in [-0.05, 0) is 35.9 Å². The van der Waals surface area contributed by atoms with Gasteiger partial charge in [-0.25, -0.2) is 23.8 Å². The molecule has 28 heavy (non-hydrogen) atoms. The van der Waals surface area contributed by atoms with Gasteiger partial charge in [0.05, 0.1) is 29.0 Å². The predicted octanol–water partition coefficient (Wildman–Crippen LogP) is 3.10. The third-order valence-corrected chi connectivity index (χ3v) is 3.96. The molecule has 9 heteroatoms. The fraction of sp³-hybridized carbons (Fsp3) is 0. The van der Waals surface area contributed by atoms with Crippen molar-refractivity contribution in [1.29, 1.82) is 0 Å². The monoisotopic (exact) mass is 376 g/mol. The van der Waals surface area contributed by atoms with Crippen LogP contribution in [0.1, 0.15) is 15.9 Å². The van der Waals surface area contributed by atoms with Crippen molar-refractivity contribution in [2.75, 3.05) is 5.43 Å². The molecule has 138 valence electrons. The molecule has 0 aliphatic carbocycles. The minimum Gasteiger partial charge on any atom is -0.478 e. The largest absolute Gasteiger partial charge is 0.478 e. The van der Waals surface area contributed by atoms with E-state index >= 15 is 0 Å². The average Bonchev–Trinajstić information content (AvgIpc) is 3.13. The van der Waals surface area contributed by atoms with Gasteiger partial charge in [0.2, 0.25) is 0 Å². The Morgan fingerprint density at radius 3 is 2.75 bits per heavy atom. The van der Waals surface area contributed by atoms with Gasteiger partial charge in [0, 0.05) is 0 Å². The highest BCUT2D eigenvalue weighted by Crippen LogP contribution is 2.21. The highest BCUT2D eigenvalue weighted by molar-refractivity contribution is 5.90. The van der Waals surface area contributed by atoms with E-state index in [1.54, 1.807) is 30.5 Å². The van der Waals surface area contributed by atoms with E-state index in [2.05, 4.69) is 25.6 Å². The molecule has 4 aromatic rings. The third-order valence-electron chi connectivity index (χ3n) is 3.96. The Kier molecular flexibility index (Phi) is 4.47. The summed E-state index contributed by atoms with van der Waals surface area (Å²) in [6, 6.07) is 12.3. The summed E-state index contributed by atoms with van der Waals surface area (Å²) < 4.78 is 15.0. The van der Waals surface area contributed by atoms with Crippen molar-refractivity contribution >= 4 is 29.0 Å². The number of nitrogens with one attached hydrogen (secondary N) is 1. The molecule has 0 saturated heterocycles. The number of hydrogen-bond acceptors (Lipinski definition) is 6. The molecule has 4 rings (SSSR count). The van der Waals surface area contributed by atoms with E-state index in [9.17, 15) is 9.18 Å². The molecule has 0 spiro atoms. The zero-order valence-electron chi connectivity index (χ0n) is 14.3. The van der Waals surface area contributed by atoms with Crippen LogP contribution in [0.25, 0.3) is 16.7 Å². The van der Waals surface area contributed by atoms with Crippen molar-refractivity contribution in [3.8, 4) is 5.69 Å². The quantitative estimate of drug-likeness (QED) is 0.410. The van der Waals surface area contributed by atoms with Crippen molar-refractivity contribution in [3.63, 3.8) is 0 Å². The minimum absolute atomic E-state index is 0.201. The predicted molar refractivity (Wildman–Crippen MR) is 101 cm³/mol. The zero-order chi connectivity index (χ0) is 19.5. The Hall–Kier alpha value is -4.14. The first-order chi connectivity index (χ1) is 13.6. The van der Waals surface area contributed by atoms with Gasteiger partial charge < -0.3 is 5.11 Å². The Balaban J connectivity index is 1.59. The number of hydrogen-bond donors (Lipinski definition) is 2. The molecule has 8 nitrogen and oxygen atoms in total. The average molecular weight is 376 g/mol. The Morgan fingerprint density at radius 2 is 2.00 bits per heavy atom. The summed E-state index contributed by atoms with van der Waals surface area (Å²) in [6.45, 7) is 0. The van der Waals surface area contributed by atoms with Crippen molar-refractivity contribution < 1.29 is 14.3 Å². The van der Waals surface area contributed by atoms with E-state index in [4.69, 9.17) is 5.11 Å². The van der Waals surface area contributed by atoms with Crippen LogP contribution in [0.4, 0.5) is 10.2 Å². The summed E-state index contributed by atoms with van der Waals surface area (Å²) in [6.07, 6.45) is 4.47. The van der Waals surface area contributed by atoms with E-state index in [-0.39, 0.29) is 11.4 Å². The molecule has 2 aromatic heterocycles. The molecule has 0 aliphatic heterocycles. The highest BCUT2D eigenvalue weighted by Gasteiger charge is 2.11. The summed E-state index contributed by atoms with van der Waals surface area (Å²) >= 11 is 0. The molecular weight excluding hydrogens is 363 g/mol. The van der Waals surface area contributed by atoms with Gasteiger partial charge in [-0.15, -0.1) is 0 Å². The first kappa shape index (κ1) is 17.3. The van der Waals surface area contributed by atoms with Crippen LogP contribution in [0.3, 0.4) is 0 Å². The maximum atomic E-state index is 13.5. The van der Waals surface area contributed by atoms with E-state index in [0.717, 1.165) is 5.56 Å². The smallest absolute Gasteiger partial charge is 0.335 e. The number of carboxylic acids is 1. The number of nitrogens with zero attached hydrogens (tertiary/aromatic N) is 5.